The van der Waals surface area contributed by atoms with E-state index in [0.717, 1.165) is 16.5 Å². The molecule has 2 atom stereocenters. The fourth-order valence-corrected chi connectivity index (χ4v) is 1.99. The summed E-state index contributed by atoms with van der Waals surface area (Å²) in [6.07, 6.45) is 0.363. The van der Waals surface area contributed by atoms with Gasteiger partial charge >= 0.3 is 0 Å². The Balaban J connectivity index is 2.66. The van der Waals surface area contributed by atoms with Gasteiger partial charge in [-0.25, -0.2) is 0 Å². The van der Waals surface area contributed by atoms with E-state index in [1.54, 1.807) is 6.92 Å². The Morgan fingerprint density at radius 3 is 2.68 bits per heavy atom. The molecule has 0 radical (unpaired) electrons. The van der Waals surface area contributed by atoms with E-state index in [2.05, 4.69) is 21.2 Å². The highest BCUT2D eigenvalue weighted by Crippen LogP contribution is 2.26. The van der Waals surface area contributed by atoms with E-state index in [-0.39, 0.29) is 11.9 Å². The van der Waals surface area contributed by atoms with Gasteiger partial charge in [0.1, 0.15) is 5.75 Å². The summed E-state index contributed by atoms with van der Waals surface area (Å²) in [5.74, 6) is 0.535. The van der Waals surface area contributed by atoms with Crippen LogP contribution in [-0.4, -0.2) is 18.1 Å². The van der Waals surface area contributed by atoms with Crippen molar-refractivity contribution in [3.05, 3.63) is 28.2 Å². The van der Waals surface area contributed by atoms with Crippen molar-refractivity contribution in [2.24, 2.45) is 5.73 Å². The summed E-state index contributed by atoms with van der Waals surface area (Å²) in [6.45, 7) is 6.21. The largest absolute Gasteiger partial charge is 0.480 e. The van der Waals surface area contributed by atoms with E-state index >= 15 is 0 Å². The highest BCUT2D eigenvalue weighted by molar-refractivity contribution is 9.10. The average molecular weight is 329 g/mol. The first-order valence-corrected chi connectivity index (χ1v) is 7.22. The zero-order chi connectivity index (χ0) is 14.4. The SMILES string of the molecule is CCC(C)NC(=O)C(C)Oc1ccc(CN)cc1Br. The Labute approximate surface area is 122 Å². The molecule has 0 aliphatic rings. The lowest BCUT2D eigenvalue weighted by molar-refractivity contribution is -0.127. The Kier molecular flexibility index (Phi) is 6.31. The second-order valence-corrected chi connectivity index (χ2v) is 5.40. The highest BCUT2D eigenvalue weighted by Gasteiger charge is 2.17. The van der Waals surface area contributed by atoms with Gasteiger partial charge in [0.2, 0.25) is 0 Å². The van der Waals surface area contributed by atoms with Gasteiger partial charge in [-0.2, -0.15) is 0 Å². The lowest BCUT2D eigenvalue weighted by atomic mass is 10.2. The maximum atomic E-state index is 11.9. The third-order valence-corrected chi connectivity index (χ3v) is 3.53. The predicted octanol–water partition coefficient (Wildman–Crippen LogP) is 2.59. The van der Waals surface area contributed by atoms with Gasteiger partial charge in [-0.3, -0.25) is 4.79 Å². The number of nitrogens with two attached hydrogens (primary N) is 1. The average Bonchev–Trinajstić information content (AvgIpc) is 2.40. The van der Waals surface area contributed by atoms with Crippen LogP contribution in [-0.2, 0) is 11.3 Å². The van der Waals surface area contributed by atoms with Crippen LogP contribution in [0.3, 0.4) is 0 Å². The minimum Gasteiger partial charge on any atom is -0.480 e. The van der Waals surface area contributed by atoms with Gasteiger partial charge in [0.05, 0.1) is 4.47 Å². The number of hydrogen-bond acceptors (Lipinski definition) is 3. The summed E-state index contributed by atoms with van der Waals surface area (Å²) in [4.78, 5) is 11.9. The van der Waals surface area contributed by atoms with Crippen molar-refractivity contribution >= 4 is 21.8 Å². The molecule has 1 rings (SSSR count). The van der Waals surface area contributed by atoms with Crippen LogP contribution in [0.25, 0.3) is 0 Å². The molecule has 0 aromatic heterocycles. The number of nitrogens with one attached hydrogen (secondary N) is 1. The quantitative estimate of drug-likeness (QED) is 0.843. The van der Waals surface area contributed by atoms with Crippen LogP contribution in [0.2, 0.25) is 0 Å². The van der Waals surface area contributed by atoms with Gasteiger partial charge in [-0.15, -0.1) is 0 Å². The van der Waals surface area contributed by atoms with Gasteiger partial charge < -0.3 is 15.8 Å². The number of carbonyl (C=O) groups is 1. The molecule has 2 unspecified atom stereocenters. The third-order valence-electron chi connectivity index (χ3n) is 2.91. The summed E-state index contributed by atoms with van der Waals surface area (Å²) in [5.41, 5.74) is 6.57. The lowest BCUT2D eigenvalue weighted by Gasteiger charge is -2.18. The molecule has 1 amide bonds. The molecule has 0 aliphatic heterocycles. The Hall–Kier alpha value is -1.07. The van der Waals surface area contributed by atoms with Crippen molar-refractivity contribution in [2.45, 2.75) is 45.9 Å². The number of amides is 1. The Morgan fingerprint density at radius 1 is 1.47 bits per heavy atom. The lowest BCUT2D eigenvalue weighted by Crippen LogP contribution is -2.41. The minimum atomic E-state index is -0.533. The van der Waals surface area contributed by atoms with Crippen LogP contribution in [0.4, 0.5) is 0 Å². The smallest absolute Gasteiger partial charge is 0.260 e. The van der Waals surface area contributed by atoms with Crippen molar-refractivity contribution in [2.75, 3.05) is 0 Å². The number of hydrogen-bond donors (Lipinski definition) is 2. The maximum Gasteiger partial charge on any atom is 0.260 e. The van der Waals surface area contributed by atoms with Gasteiger partial charge in [-0.05, 0) is 53.9 Å². The number of benzene rings is 1. The first-order valence-electron chi connectivity index (χ1n) is 6.43. The van der Waals surface area contributed by atoms with Gasteiger partial charge in [0.15, 0.2) is 6.10 Å². The van der Waals surface area contributed by atoms with Crippen LogP contribution >= 0.6 is 15.9 Å². The summed E-state index contributed by atoms with van der Waals surface area (Å²) < 4.78 is 6.46. The monoisotopic (exact) mass is 328 g/mol. The molecule has 0 bridgehead atoms. The number of ether oxygens (including phenoxy) is 1. The first-order chi connectivity index (χ1) is 8.97. The second kappa shape index (κ2) is 7.50. The summed E-state index contributed by atoms with van der Waals surface area (Å²) >= 11 is 3.42. The predicted molar refractivity (Wildman–Crippen MR) is 80.0 cm³/mol. The molecule has 5 heteroatoms. The molecule has 0 saturated carbocycles. The van der Waals surface area contributed by atoms with Crippen LogP contribution in [0.5, 0.6) is 5.75 Å². The van der Waals surface area contributed by atoms with Crippen LogP contribution in [0.1, 0.15) is 32.8 Å². The van der Waals surface area contributed by atoms with Gasteiger partial charge in [0.25, 0.3) is 5.91 Å². The molecule has 0 heterocycles. The summed E-state index contributed by atoms with van der Waals surface area (Å²) in [5, 5.41) is 2.89. The van der Waals surface area contributed by atoms with Crippen LogP contribution in [0, 0.1) is 0 Å². The van der Waals surface area contributed by atoms with Crippen LogP contribution in [0.15, 0.2) is 22.7 Å². The first kappa shape index (κ1) is 16.0. The zero-order valence-electron chi connectivity index (χ0n) is 11.6. The molecule has 1 aromatic carbocycles. The molecule has 0 spiro atoms. The van der Waals surface area contributed by atoms with E-state index in [9.17, 15) is 4.79 Å². The minimum absolute atomic E-state index is 0.107. The number of rotatable bonds is 6. The third kappa shape index (κ3) is 4.84. The molecule has 4 nitrogen and oxygen atoms in total. The topological polar surface area (TPSA) is 64.3 Å². The van der Waals surface area contributed by atoms with E-state index in [0.29, 0.717) is 12.3 Å². The normalized spacial score (nSPS) is 13.7. The van der Waals surface area contributed by atoms with Crippen molar-refractivity contribution in [1.29, 1.82) is 0 Å². The van der Waals surface area contributed by atoms with E-state index in [4.69, 9.17) is 10.5 Å². The van der Waals surface area contributed by atoms with Crippen LogP contribution < -0.4 is 15.8 Å². The maximum absolute atomic E-state index is 11.9. The van der Waals surface area contributed by atoms with Crippen molar-refractivity contribution < 1.29 is 9.53 Å². The molecule has 0 saturated heterocycles. The Bertz CT molecular complexity index is 437. The van der Waals surface area contributed by atoms with Crippen molar-refractivity contribution in [3.8, 4) is 5.75 Å². The fraction of sp³-hybridized carbons (Fsp3) is 0.500. The number of halogens is 1. The highest BCUT2D eigenvalue weighted by atomic mass is 79.9. The van der Waals surface area contributed by atoms with Crippen molar-refractivity contribution in [1.82, 2.24) is 5.32 Å². The Morgan fingerprint density at radius 2 is 2.16 bits per heavy atom. The zero-order valence-corrected chi connectivity index (χ0v) is 13.2. The summed E-state index contributed by atoms with van der Waals surface area (Å²) in [7, 11) is 0. The molecular formula is C14H21BrN2O2. The molecule has 3 N–H and O–H groups in total. The number of carbonyl (C=O) groups excluding carboxylic acids is 1. The van der Waals surface area contributed by atoms with E-state index < -0.39 is 6.10 Å². The molecule has 0 aliphatic carbocycles. The molecule has 0 fully saturated rings. The fourth-order valence-electron chi connectivity index (χ4n) is 1.47. The summed E-state index contributed by atoms with van der Waals surface area (Å²) in [6, 6.07) is 5.76. The van der Waals surface area contributed by atoms with Crippen molar-refractivity contribution in [3.63, 3.8) is 0 Å². The molecule has 19 heavy (non-hydrogen) atoms. The standard InChI is InChI=1S/C14H21BrN2O2/c1-4-9(2)17-14(18)10(3)19-13-6-5-11(8-16)7-12(13)15/h5-7,9-10H,4,8,16H2,1-3H3,(H,17,18). The second-order valence-electron chi connectivity index (χ2n) is 4.55. The van der Waals surface area contributed by atoms with E-state index in [1.165, 1.54) is 0 Å². The van der Waals surface area contributed by atoms with E-state index in [1.807, 2.05) is 32.0 Å². The molecule has 1 aromatic rings. The van der Waals surface area contributed by atoms with Gasteiger partial charge in [0, 0.05) is 12.6 Å². The molecule has 106 valence electrons. The molecular weight excluding hydrogens is 308 g/mol. The van der Waals surface area contributed by atoms with Gasteiger partial charge in [-0.1, -0.05) is 13.0 Å².